The van der Waals surface area contributed by atoms with Gasteiger partial charge >= 0.3 is 0 Å². The summed E-state index contributed by atoms with van der Waals surface area (Å²) in [7, 11) is -1.34. The second-order valence-corrected chi connectivity index (χ2v) is 7.24. The molecular formula is C14H19NO4S. The van der Waals surface area contributed by atoms with Crippen molar-refractivity contribution in [1.29, 1.82) is 0 Å². The van der Waals surface area contributed by atoms with E-state index in [-0.39, 0.29) is 23.5 Å². The molecule has 0 spiro atoms. The Kier molecular flexibility index (Phi) is 4.65. The number of amides is 1. The summed E-state index contributed by atoms with van der Waals surface area (Å²) >= 11 is 0. The Morgan fingerprint density at radius 2 is 2.05 bits per heavy atom. The third-order valence-electron chi connectivity index (χ3n) is 3.40. The highest BCUT2D eigenvalue weighted by atomic mass is 32.2. The van der Waals surface area contributed by atoms with Gasteiger partial charge in [0.1, 0.15) is 5.75 Å². The van der Waals surface area contributed by atoms with Crippen molar-refractivity contribution < 1.29 is 17.9 Å². The number of nitrogens with one attached hydrogen (secondary N) is 1. The van der Waals surface area contributed by atoms with Crippen molar-refractivity contribution in [3.63, 3.8) is 0 Å². The lowest BCUT2D eigenvalue weighted by Crippen LogP contribution is -2.35. The summed E-state index contributed by atoms with van der Waals surface area (Å²) in [5.74, 6) is 0.940. The Morgan fingerprint density at radius 1 is 1.35 bits per heavy atom. The highest BCUT2D eigenvalue weighted by Gasteiger charge is 2.28. The van der Waals surface area contributed by atoms with Gasteiger partial charge in [-0.2, -0.15) is 0 Å². The molecule has 1 aromatic carbocycles. The maximum absolute atomic E-state index is 11.8. The van der Waals surface area contributed by atoms with E-state index >= 15 is 0 Å². The standard InChI is InChI=1S/C14H19NO4S/c1-19-13-5-2-11(3-6-13)4-7-14(16)15-12-8-9-20(17,18)10-12/h2-3,5-6,12H,4,7-10H2,1H3,(H,15,16). The molecule has 1 unspecified atom stereocenters. The van der Waals surface area contributed by atoms with Gasteiger partial charge in [0.2, 0.25) is 5.91 Å². The summed E-state index contributed by atoms with van der Waals surface area (Å²) in [5, 5.41) is 2.78. The number of benzene rings is 1. The Bertz CT molecular complexity index is 565. The van der Waals surface area contributed by atoms with E-state index in [1.807, 2.05) is 24.3 Å². The van der Waals surface area contributed by atoms with E-state index in [9.17, 15) is 13.2 Å². The fourth-order valence-corrected chi connectivity index (χ4v) is 3.93. The molecule has 1 aromatic rings. The van der Waals surface area contributed by atoms with Gasteiger partial charge in [0.25, 0.3) is 0 Å². The molecule has 1 atom stereocenters. The van der Waals surface area contributed by atoms with Crippen LogP contribution in [0.4, 0.5) is 0 Å². The molecule has 2 rings (SSSR count). The SMILES string of the molecule is COc1ccc(CCC(=O)NC2CCS(=O)(=O)C2)cc1. The van der Waals surface area contributed by atoms with Crippen LogP contribution >= 0.6 is 0 Å². The lowest BCUT2D eigenvalue weighted by molar-refractivity contribution is -0.121. The zero-order valence-electron chi connectivity index (χ0n) is 11.5. The number of sulfone groups is 1. The largest absolute Gasteiger partial charge is 0.497 e. The monoisotopic (exact) mass is 297 g/mol. The highest BCUT2D eigenvalue weighted by molar-refractivity contribution is 7.91. The number of aryl methyl sites for hydroxylation is 1. The summed E-state index contributed by atoms with van der Waals surface area (Å²) < 4.78 is 27.7. The molecule has 0 aromatic heterocycles. The van der Waals surface area contributed by atoms with E-state index in [4.69, 9.17) is 4.74 Å². The predicted octanol–water partition coefficient (Wildman–Crippen LogP) is 0.931. The Hall–Kier alpha value is -1.56. The zero-order valence-corrected chi connectivity index (χ0v) is 12.3. The van der Waals surface area contributed by atoms with E-state index in [0.29, 0.717) is 19.3 Å². The molecule has 1 fully saturated rings. The van der Waals surface area contributed by atoms with Crippen molar-refractivity contribution in [2.24, 2.45) is 0 Å². The number of ether oxygens (including phenoxy) is 1. The van der Waals surface area contributed by atoms with Gasteiger partial charge in [-0.25, -0.2) is 8.42 Å². The van der Waals surface area contributed by atoms with Crippen LogP contribution in [0, 0.1) is 0 Å². The molecule has 1 saturated heterocycles. The van der Waals surface area contributed by atoms with E-state index in [2.05, 4.69) is 5.32 Å². The molecule has 1 aliphatic rings. The lowest BCUT2D eigenvalue weighted by atomic mass is 10.1. The quantitative estimate of drug-likeness (QED) is 0.877. The number of carbonyl (C=O) groups excluding carboxylic acids is 1. The fourth-order valence-electron chi connectivity index (χ4n) is 2.26. The van der Waals surface area contributed by atoms with E-state index < -0.39 is 9.84 Å². The highest BCUT2D eigenvalue weighted by Crippen LogP contribution is 2.14. The Balaban J connectivity index is 1.77. The average Bonchev–Trinajstić information content (AvgIpc) is 2.76. The molecule has 1 aliphatic heterocycles. The summed E-state index contributed by atoms with van der Waals surface area (Å²) in [6.07, 6.45) is 1.52. The summed E-state index contributed by atoms with van der Waals surface area (Å²) in [6.45, 7) is 0. The molecular weight excluding hydrogens is 278 g/mol. The molecule has 0 bridgehead atoms. The normalized spacial score (nSPS) is 20.6. The molecule has 0 saturated carbocycles. The first-order valence-electron chi connectivity index (χ1n) is 6.61. The van der Waals surface area contributed by atoms with Crippen LogP contribution < -0.4 is 10.1 Å². The van der Waals surface area contributed by atoms with Gasteiger partial charge in [0, 0.05) is 12.5 Å². The summed E-state index contributed by atoms with van der Waals surface area (Å²) in [5.41, 5.74) is 1.06. The first kappa shape index (κ1) is 14.8. The summed E-state index contributed by atoms with van der Waals surface area (Å²) in [4.78, 5) is 11.8. The molecule has 1 heterocycles. The number of rotatable bonds is 5. The number of carbonyl (C=O) groups is 1. The minimum absolute atomic E-state index is 0.0707. The third kappa shape index (κ3) is 4.23. The first-order valence-corrected chi connectivity index (χ1v) is 8.43. The molecule has 20 heavy (non-hydrogen) atoms. The van der Waals surface area contributed by atoms with Gasteiger partial charge in [0.05, 0.1) is 18.6 Å². The summed E-state index contributed by atoms with van der Waals surface area (Å²) in [6, 6.07) is 7.34. The lowest BCUT2D eigenvalue weighted by Gasteiger charge is -2.10. The van der Waals surface area contributed by atoms with Gasteiger partial charge < -0.3 is 10.1 Å². The van der Waals surface area contributed by atoms with E-state index in [1.54, 1.807) is 7.11 Å². The van der Waals surface area contributed by atoms with Crippen molar-refractivity contribution in [2.45, 2.75) is 25.3 Å². The van der Waals surface area contributed by atoms with Crippen LogP contribution in [0.5, 0.6) is 5.75 Å². The van der Waals surface area contributed by atoms with Crippen LogP contribution in [-0.2, 0) is 21.1 Å². The molecule has 110 valence electrons. The van der Waals surface area contributed by atoms with E-state index in [1.165, 1.54) is 0 Å². The second kappa shape index (κ2) is 6.26. The van der Waals surface area contributed by atoms with Gasteiger partial charge in [0.15, 0.2) is 9.84 Å². The Morgan fingerprint density at radius 3 is 2.60 bits per heavy atom. The minimum Gasteiger partial charge on any atom is -0.497 e. The maximum atomic E-state index is 11.8. The molecule has 6 heteroatoms. The zero-order chi connectivity index (χ0) is 14.6. The van der Waals surface area contributed by atoms with Crippen LogP contribution in [0.2, 0.25) is 0 Å². The Labute approximate surface area is 119 Å². The van der Waals surface area contributed by atoms with Crippen LogP contribution in [-0.4, -0.2) is 39.0 Å². The number of methoxy groups -OCH3 is 1. The van der Waals surface area contributed by atoms with Crippen LogP contribution in [0.1, 0.15) is 18.4 Å². The molecule has 0 aliphatic carbocycles. The van der Waals surface area contributed by atoms with Crippen molar-refractivity contribution in [3.05, 3.63) is 29.8 Å². The number of hydrogen-bond acceptors (Lipinski definition) is 4. The molecule has 5 nitrogen and oxygen atoms in total. The van der Waals surface area contributed by atoms with Gasteiger partial charge in [-0.3, -0.25) is 4.79 Å². The van der Waals surface area contributed by atoms with Crippen LogP contribution in [0.25, 0.3) is 0 Å². The van der Waals surface area contributed by atoms with Crippen LogP contribution in [0.3, 0.4) is 0 Å². The molecule has 1 N–H and O–H groups in total. The van der Waals surface area contributed by atoms with Gasteiger partial charge in [-0.15, -0.1) is 0 Å². The fraction of sp³-hybridized carbons (Fsp3) is 0.500. The topological polar surface area (TPSA) is 72.5 Å². The average molecular weight is 297 g/mol. The molecule has 1 amide bonds. The van der Waals surface area contributed by atoms with Crippen molar-refractivity contribution in [1.82, 2.24) is 5.32 Å². The van der Waals surface area contributed by atoms with Crippen molar-refractivity contribution in [2.75, 3.05) is 18.6 Å². The number of hydrogen-bond donors (Lipinski definition) is 1. The first-order chi connectivity index (χ1) is 9.48. The van der Waals surface area contributed by atoms with Crippen LogP contribution in [0.15, 0.2) is 24.3 Å². The van der Waals surface area contributed by atoms with E-state index in [0.717, 1.165) is 11.3 Å². The second-order valence-electron chi connectivity index (χ2n) is 5.02. The van der Waals surface area contributed by atoms with Crippen molar-refractivity contribution in [3.8, 4) is 5.75 Å². The van der Waals surface area contributed by atoms with Gasteiger partial charge in [-0.05, 0) is 30.5 Å². The minimum atomic E-state index is -2.94. The van der Waals surface area contributed by atoms with Crippen molar-refractivity contribution >= 4 is 15.7 Å². The smallest absolute Gasteiger partial charge is 0.220 e. The molecule has 0 radical (unpaired) electrons. The maximum Gasteiger partial charge on any atom is 0.220 e. The predicted molar refractivity (Wildman–Crippen MR) is 76.5 cm³/mol. The third-order valence-corrected chi connectivity index (χ3v) is 5.17. The van der Waals surface area contributed by atoms with Gasteiger partial charge in [-0.1, -0.05) is 12.1 Å².